The van der Waals surface area contributed by atoms with Crippen molar-refractivity contribution in [2.24, 2.45) is 5.10 Å². The second kappa shape index (κ2) is 10.0. The molecule has 8 nitrogen and oxygen atoms in total. The van der Waals surface area contributed by atoms with Crippen LogP contribution < -0.4 is 20.9 Å². The highest BCUT2D eigenvalue weighted by Crippen LogP contribution is 2.12. The van der Waals surface area contributed by atoms with Gasteiger partial charge in [-0.1, -0.05) is 19.1 Å². The average molecular weight is 407 g/mol. The molecular weight excluding hydrogens is 386 g/mol. The van der Waals surface area contributed by atoms with Gasteiger partial charge < -0.3 is 14.5 Å². The Labute approximate surface area is 172 Å². The zero-order chi connectivity index (χ0) is 21.3. The first kappa shape index (κ1) is 20.8. The van der Waals surface area contributed by atoms with Crippen LogP contribution in [0, 0.1) is 0 Å². The van der Waals surface area contributed by atoms with Gasteiger partial charge in [0.25, 0.3) is 11.8 Å². The fourth-order valence-electron chi connectivity index (χ4n) is 2.58. The van der Waals surface area contributed by atoms with Gasteiger partial charge in [0.15, 0.2) is 0 Å². The summed E-state index contributed by atoms with van der Waals surface area (Å²) in [5.41, 5.74) is 3.08. The predicted octanol–water partition coefficient (Wildman–Crippen LogP) is 2.46. The normalized spacial score (nSPS) is 10.8. The van der Waals surface area contributed by atoms with Gasteiger partial charge in [0.2, 0.25) is 5.43 Å². The van der Waals surface area contributed by atoms with Crippen LogP contribution in [-0.2, 0) is 4.79 Å². The van der Waals surface area contributed by atoms with E-state index in [4.69, 9.17) is 9.15 Å². The Morgan fingerprint density at radius 2 is 1.90 bits per heavy atom. The van der Waals surface area contributed by atoms with Gasteiger partial charge in [0.1, 0.15) is 17.6 Å². The molecule has 0 aliphatic heterocycles. The van der Waals surface area contributed by atoms with Gasteiger partial charge in [-0.15, -0.1) is 0 Å². The molecule has 2 N–H and O–H groups in total. The Balaban J connectivity index is 1.50. The number of carbonyl (C=O) groups is 2. The van der Waals surface area contributed by atoms with Crippen molar-refractivity contribution < 1.29 is 18.7 Å². The summed E-state index contributed by atoms with van der Waals surface area (Å²) in [4.78, 5) is 36.3. The average Bonchev–Trinajstić information content (AvgIpc) is 2.78. The topological polar surface area (TPSA) is 110 Å². The van der Waals surface area contributed by atoms with Crippen molar-refractivity contribution in [1.29, 1.82) is 0 Å². The number of ether oxygens (including phenoxy) is 1. The quantitative estimate of drug-likeness (QED) is 0.440. The van der Waals surface area contributed by atoms with Gasteiger partial charge in [0, 0.05) is 5.56 Å². The standard InChI is InChI=1S/C22H21N3O5/c1-2-11-29-17-9-7-15(8-10-17)22(28)23-13-20(26)25-24-12-16-14-30-19-6-4-3-5-18(19)21(16)27/h3-10,12,14H,2,11,13H2,1H3,(H,23,28)(H,25,26)/b24-12-. The molecule has 154 valence electrons. The van der Waals surface area contributed by atoms with Crippen molar-refractivity contribution >= 4 is 29.0 Å². The predicted molar refractivity (Wildman–Crippen MR) is 113 cm³/mol. The Morgan fingerprint density at radius 1 is 1.13 bits per heavy atom. The van der Waals surface area contributed by atoms with Crippen LogP contribution in [0.5, 0.6) is 5.75 Å². The molecule has 0 aliphatic rings. The molecule has 0 saturated heterocycles. The minimum atomic E-state index is -0.535. The molecule has 0 aliphatic carbocycles. The number of benzene rings is 2. The lowest BCUT2D eigenvalue weighted by Crippen LogP contribution is -2.35. The molecule has 0 fully saturated rings. The Kier molecular flexibility index (Phi) is 6.94. The van der Waals surface area contributed by atoms with E-state index in [9.17, 15) is 14.4 Å². The second-order valence-electron chi connectivity index (χ2n) is 6.37. The minimum Gasteiger partial charge on any atom is -0.494 e. The highest BCUT2D eigenvalue weighted by Gasteiger charge is 2.08. The lowest BCUT2D eigenvalue weighted by Gasteiger charge is -2.07. The van der Waals surface area contributed by atoms with Crippen molar-refractivity contribution in [2.45, 2.75) is 13.3 Å². The van der Waals surface area contributed by atoms with Crippen LogP contribution in [0.3, 0.4) is 0 Å². The summed E-state index contributed by atoms with van der Waals surface area (Å²) in [7, 11) is 0. The number of fused-ring (bicyclic) bond motifs is 1. The summed E-state index contributed by atoms with van der Waals surface area (Å²) in [6.07, 6.45) is 3.37. The van der Waals surface area contributed by atoms with Crippen LogP contribution in [0.15, 0.2) is 69.1 Å². The SMILES string of the molecule is CCCOc1ccc(C(=O)NCC(=O)N/N=C\c2coc3ccccc3c2=O)cc1. The van der Waals surface area contributed by atoms with E-state index in [0.717, 1.165) is 6.42 Å². The van der Waals surface area contributed by atoms with E-state index in [-0.39, 0.29) is 17.5 Å². The third-order valence-corrected chi connectivity index (χ3v) is 4.10. The van der Waals surface area contributed by atoms with E-state index in [2.05, 4.69) is 15.8 Å². The molecule has 2 aromatic carbocycles. The van der Waals surface area contributed by atoms with Crippen LogP contribution in [0.25, 0.3) is 11.0 Å². The summed E-state index contributed by atoms with van der Waals surface area (Å²) >= 11 is 0. The molecule has 1 aromatic heterocycles. The zero-order valence-electron chi connectivity index (χ0n) is 16.4. The van der Waals surface area contributed by atoms with Crippen LogP contribution in [0.4, 0.5) is 0 Å². The minimum absolute atomic E-state index is 0.198. The maximum Gasteiger partial charge on any atom is 0.259 e. The van der Waals surface area contributed by atoms with Gasteiger partial charge in [-0.3, -0.25) is 14.4 Å². The molecule has 8 heteroatoms. The first-order chi connectivity index (χ1) is 14.6. The van der Waals surface area contributed by atoms with Crippen LogP contribution in [0.1, 0.15) is 29.3 Å². The number of nitrogens with one attached hydrogen (secondary N) is 2. The Hall–Kier alpha value is -3.94. The molecule has 30 heavy (non-hydrogen) atoms. The first-order valence-electron chi connectivity index (χ1n) is 9.42. The summed E-state index contributed by atoms with van der Waals surface area (Å²) in [5, 5.41) is 6.67. The number of hydrazone groups is 1. The van der Waals surface area contributed by atoms with Crippen molar-refractivity contribution in [3.05, 3.63) is 76.1 Å². The molecular formula is C22H21N3O5. The van der Waals surface area contributed by atoms with E-state index in [0.29, 0.717) is 28.9 Å². The number of carbonyl (C=O) groups excluding carboxylic acids is 2. The fourth-order valence-corrected chi connectivity index (χ4v) is 2.58. The third-order valence-electron chi connectivity index (χ3n) is 4.10. The van der Waals surface area contributed by atoms with Crippen LogP contribution in [-0.4, -0.2) is 31.2 Å². The number of para-hydroxylation sites is 1. The lowest BCUT2D eigenvalue weighted by atomic mass is 10.2. The molecule has 1 heterocycles. The Morgan fingerprint density at radius 3 is 2.67 bits per heavy atom. The molecule has 0 spiro atoms. The second-order valence-corrected chi connectivity index (χ2v) is 6.37. The summed E-state index contributed by atoms with van der Waals surface area (Å²) in [6, 6.07) is 13.5. The highest BCUT2D eigenvalue weighted by molar-refractivity contribution is 5.96. The summed E-state index contributed by atoms with van der Waals surface area (Å²) in [5.74, 6) is -0.252. The number of nitrogens with zero attached hydrogens (tertiary/aromatic N) is 1. The zero-order valence-corrected chi connectivity index (χ0v) is 16.4. The van der Waals surface area contributed by atoms with Gasteiger partial charge >= 0.3 is 0 Å². The maximum absolute atomic E-state index is 12.3. The van der Waals surface area contributed by atoms with E-state index < -0.39 is 11.8 Å². The van der Waals surface area contributed by atoms with Crippen molar-refractivity contribution in [1.82, 2.24) is 10.7 Å². The van der Waals surface area contributed by atoms with Crippen LogP contribution in [0.2, 0.25) is 0 Å². The van der Waals surface area contributed by atoms with Crippen LogP contribution >= 0.6 is 0 Å². The molecule has 3 rings (SSSR count). The van der Waals surface area contributed by atoms with Crippen molar-refractivity contribution in [3.63, 3.8) is 0 Å². The van der Waals surface area contributed by atoms with E-state index in [1.807, 2.05) is 6.92 Å². The van der Waals surface area contributed by atoms with Gasteiger partial charge in [-0.2, -0.15) is 5.10 Å². The monoisotopic (exact) mass is 407 g/mol. The number of hydrogen-bond acceptors (Lipinski definition) is 6. The number of hydrogen-bond donors (Lipinski definition) is 2. The third kappa shape index (κ3) is 5.32. The Bertz CT molecular complexity index is 1120. The maximum atomic E-state index is 12.3. The molecule has 0 bridgehead atoms. The number of amides is 2. The van der Waals surface area contributed by atoms with Gasteiger partial charge in [-0.05, 0) is 42.8 Å². The number of rotatable bonds is 8. The first-order valence-corrected chi connectivity index (χ1v) is 9.42. The summed E-state index contributed by atoms with van der Waals surface area (Å²) in [6.45, 7) is 2.34. The molecule has 3 aromatic rings. The van der Waals surface area contributed by atoms with Gasteiger partial charge in [-0.25, -0.2) is 5.43 Å². The smallest absolute Gasteiger partial charge is 0.259 e. The fraction of sp³-hybridized carbons (Fsp3) is 0.182. The largest absolute Gasteiger partial charge is 0.494 e. The molecule has 0 saturated carbocycles. The summed E-state index contributed by atoms with van der Waals surface area (Å²) < 4.78 is 10.8. The van der Waals surface area contributed by atoms with Gasteiger partial charge in [0.05, 0.1) is 30.3 Å². The van der Waals surface area contributed by atoms with Crippen molar-refractivity contribution in [3.8, 4) is 5.75 Å². The molecule has 0 unspecified atom stereocenters. The molecule has 2 amide bonds. The van der Waals surface area contributed by atoms with E-state index in [1.165, 1.54) is 12.5 Å². The highest BCUT2D eigenvalue weighted by atomic mass is 16.5. The van der Waals surface area contributed by atoms with E-state index in [1.54, 1.807) is 48.5 Å². The van der Waals surface area contributed by atoms with Crippen molar-refractivity contribution in [2.75, 3.05) is 13.2 Å². The molecule has 0 atom stereocenters. The van der Waals surface area contributed by atoms with E-state index >= 15 is 0 Å². The molecule has 0 radical (unpaired) electrons. The lowest BCUT2D eigenvalue weighted by molar-refractivity contribution is -0.120.